The Hall–Kier alpha value is -2.64. The number of amides is 1. The standard InChI is InChI=1S/C20H21F3N4O/c1-5-19(11-7-6-8-12(9-11)20(21,22)23)13-10-24-26-16(13)25-15-14(19)17(28)27(4)18(15,2)3/h6-9,25H,5,10H2,1-4H3/t19-/m0/s1. The van der Waals surface area contributed by atoms with Gasteiger partial charge in [0.15, 0.2) is 5.82 Å². The summed E-state index contributed by atoms with van der Waals surface area (Å²) in [6.45, 7) is 5.95. The zero-order chi connectivity index (χ0) is 20.5. The molecule has 4 rings (SSSR count). The molecule has 148 valence electrons. The first-order valence-electron chi connectivity index (χ1n) is 9.14. The summed E-state index contributed by atoms with van der Waals surface area (Å²) in [5, 5.41) is 11.5. The Morgan fingerprint density at radius 3 is 2.64 bits per heavy atom. The Morgan fingerprint density at radius 2 is 2.00 bits per heavy atom. The van der Waals surface area contributed by atoms with Gasteiger partial charge in [-0.2, -0.15) is 18.3 Å². The van der Waals surface area contributed by atoms with Crippen LogP contribution >= 0.6 is 0 Å². The summed E-state index contributed by atoms with van der Waals surface area (Å²) in [6.07, 6.45) is -4.04. The number of hydrogen-bond donors (Lipinski definition) is 1. The Kier molecular flexibility index (Phi) is 3.80. The molecule has 0 saturated carbocycles. The van der Waals surface area contributed by atoms with Gasteiger partial charge in [0.2, 0.25) is 0 Å². The molecule has 0 fully saturated rings. The summed E-state index contributed by atoms with van der Waals surface area (Å²) in [7, 11) is 1.71. The van der Waals surface area contributed by atoms with Gasteiger partial charge in [-0.05, 0) is 31.9 Å². The van der Waals surface area contributed by atoms with Crippen LogP contribution in [0.3, 0.4) is 0 Å². The summed E-state index contributed by atoms with van der Waals surface area (Å²) < 4.78 is 40.2. The van der Waals surface area contributed by atoms with Gasteiger partial charge in [-0.25, -0.2) is 0 Å². The first kappa shape index (κ1) is 18.7. The lowest BCUT2D eigenvalue weighted by Crippen LogP contribution is -2.43. The van der Waals surface area contributed by atoms with Crippen molar-refractivity contribution < 1.29 is 18.0 Å². The van der Waals surface area contributed by atoms with Crippen LogP contribution in [-0.4, -0.2) is 29.9 Å². The number of azo groups is 1. The zero-order valence-corrected chi connectivity index (χ0v) is 16.1. The van der Waals surface area contributed by atoms with Crippen LogP contribution in [0.5, 0.6) is 0 Å². The Labute approximate surface area is 161 Å². The van der Waals surface area contributed by atoms with Crippen molar-refractivity contribution in [2.45, 2.75) is 44.3 Å². The summed E-state index contributed by atoms with van der Waals surface area (Å²) in [6, 6.07) is 5.27. The van der Waals surface area contributed by atoms with E-state index in [1.807, 2.05) is 20.8 Å². The number of rotatable bonds is 2. The number of halogens is 3. The van der Waals surface area contributed by atoms with Crippen LogP contribution in [0.4, 0.5) is 13.2 Å². The molecular weight excluding hydrogens is 369 g/mol. The molecule has 1 atom stereocenters. The van der Waals surface area contributed by atoms with Crippen molar-refractivity contribution in [2.24, 2.45) is 10.2 Å². The Balaban J connectivity index is 2.03. The van der Waals surface area contributed by atoms with Crippen LogP contribution in [0.25, 0.3) is 0 Å². The number of likely N-dealkylation sites (N-methyl/N-ethyl adjacent to an activating group) is 1. The fourth-order valence-electron chi connectivity index (χ4n) is 4.51. The van der Waals surface area contributed by atoms with Gasteiger partial charge in [-0.15, -0.1) is 5.11 Å². The van der Waals surface area contributed by atoms with Crippen LogP contribution in [0.15, 0.2) is 57.2 Å². The van der Waals surface area contributed by atoms with Gasteiger partial charge in [0.1, 0.15) is 0 Å². The predicted octanol–water partition coefficient (Wildman–Crippen LogP) is 4.14. The number of benzene rings is 1. The molecule has 0 radical (unpaired) electrons. The van der Waals surface area contributed by atoms with Crippen LogP contribution in [0.1, 0.15) is 38.3 Å². The Morgan fingerprint density at radius 1 is 1.29 bits per heavy atom. The number of nitrogens with zero attached hydrogens (tertiary/aromatic N) is 3. The highest BCUT2D eigenvalue weighted by Gasteiger charge is 2.57. The monoisotopic (exact) mass is 390 g/mol. The molecule has 0 spiro atoms. The molecule has 5 nitrogen and oxygen atoms in total. The van der Waals surface area contributed by atoms with E-state index in [9.17, 15) is 18.0 Å². The van der Waals surface area contributed by atoms with Gasteiger partial charge in [-0.3, -0.25) is 4.79 Å². The summed E-state index contributed by atoms with van der Waals surface area (Å²) in [5.41, 5.74) is -0.00631. The van der Waals surface area contributed by atoms with Crippen molar-refractivity contribution in [3.63, 3.8) is 0 Å². The van der Waals surface area contributed by atoms with Crippen molar-refractivity contribution in [2.75, 3.05) is 13.6 Å². The second kappa shape index (κ2) is 5.68. The average molecular weight is 390 g/mol. The average Bonchev–Trinajstić information content (AvgIpc) is 3.19. The lowest BCUT2D eigenvalue weighted by molar-refractivity contribution is -0.137. The minimum atomic E-state index is -4.47. The third kappa shape index (κ3) is 2.23. The van der Waals surface area contributed by atoms with Gasteiger partial charge in [0.05, 0.1) is 34.3 Å². The lowest BCUT2D eigenvalue weighted by atomic mass is 9.64. The van der Waals surface area contributed by atoms with E-state index in [1.165, 1.54) is 6.07 Å². The van der Waals surface area contributed by atoms with Crippen LogP contribution in [-0.2, 0) is 16.4 Å². The van der Waals surface area contributed by atoms with E-state index in [0.717, 1.165) is 17.7 Å². The smallest absolute Gasteiger partial charge is 0.340 e. The maximum Gasteiger partial charge on any atom is 0.416 e. The highest BCUT2D eigenvalue weighted by molar-refractivity contribution is 6.02. The fourth-order valence-corrected chi connectivity index (χ4v) is 4.51. The Bertz CT molecular complexity index is 974. The number of nitrogens with one attached hydrogen (secondary N) is 1. The van der Waals surface area contributed by atoms with Crippen molar-refractivity contribution >= 4 is 5.91 Å². The molecule has 1 amide bonds. The number of alkyl halides is 3. The van der Waals surface area contributed by atoms with E-state index < -0.39 is 22.7 Å². The van der Waals surface area contributed by atoms with E-state index >= 15 is 0 Å². The fraction of sp³-hybridized carbons (Fsp3) is 0.450. The van der Waals surface area contributed by atoms with Crippen LogP contribution in [0, 0.1) is 0 Å². The van der Waals surface area contributed by atoms with E-state index in [-0.39, 0.29) is 12.5 Å². The molecule has 3 aliphatic heterocycles. The summed E-state index contributed by atoms with van der Waals surface area (Å²) >= 11 is 0. The molecule has 0 bridgehead atoms. The lowest BCUT2D eigenvalue weighted by Gasteiger charge is -2.40. The normalized spacial score (nSPS) is 26.0. The molecule has 1 aromatic rings. The number of dihydropyridines is 1. The van der Waals surface area contributed by atoms with Gasteiger partial charge in [0, 0.05) is 12.6 Å². The molecule has 1 N–H and O–H groups in total. The van der Waals surface area contributed by atoms with Gasteiger partial charge < -0.3 is 10.2 Å². The van der Waals surface area contributed by atoms with Crippen LogP contribution < -0.4 is 5.32 Å². The minimum absolute atomic E-state index is 0.190. The molecule has 3 heterocycles. The van der Waals surface area contributed by atoms with Crippen molar-refractivity contribution in [3.8, 4) is 0 Å². The van der Waals surface area contributed by atoms with Gasteiger partial charge in [-0.1, -0.05) is 25.1 Å². The number of carbonyl (C=O) groups is 1. The summed E-state index contributed by atoms with van der Waals surface area (Å²) in [4.78, 5) is 14.9. The highest BCUT2D eigenvalue weighted by Crippen LogP contribution is 2.54. The van der Waals surface area contributed by atoms with Crippen molar-refractivity contribution in [1.29, 1.82) is 0 Å². The maximum atomic E-state index is 13.4. The number of hydrogen-bond acceptors (Lipinski definition) is 4. The van der Waals surface area contributed by atoms with Crippen molar-refractivity contribution in [3.05, 3.63) is 58.1 Å². The van der Waals surface area contributed by atoms with E-state index in [0.29, 0.717) is 29.1 Å². The topological polar surface area (TPSA) is 57.1 Å². The minimum Gasteiger partial charge on any atom is -0.340 e. The zero-order valence-electron chi connectivity index (χ0n) is 16.1. The molecule has 0 unspecified atom stereocenters. The second-order valence-electron chi connectivity index (χ2n) is 7.86. The second-order valence-corrected chi connectivity index (χ2v) is 7.86. The predicted molar refractivity (Wildman–Crippen MR) is 97.2 cm³/mol. The third-order valence-corrected chi connectivity index (χ3v) is 6.30. The largest absolute Gasteiger partial charge is 0.416 e. The number of carbonyl (C=O) groups excluding carboxylic acids is 1. The maximum absolute atomic E-state index is 13.4. The first-order valence-corrected chi connectivity index (χ1v) is 9.14. The van der Waals surface area contributed by atoms with Gasteiger partial charge in [0.25, 0.3) is 5.91 Å². The van der Waals surface area contributed by atoms with Crippen molar-refractivity contribution in [1.82, 2.24) is 10.2 Å². The SMILES string of the molecule is CC[C@]1(c2cccc(C(F)(F)F)c2)C2=C(N=NC2)NC2=C1C(=O)N(C)C2(C)C. The molecular formula is C20H21F3N4O. The molecule has 0 saturated heterocycles. The molecule has 0 aliphatic carbocycles. The highest BCUT2D eigenvalue weighted by atomic mass is 19.4. The van der Waals surface area contributed by atoms with E-state index in [2.05, 4.69) is 15.5 Å². The third-order valence-electron chi connectivity index (χ3n) is 6.30. The van der Waals surface area contributed by atoms with Crippen LogP contribution in [0.2, 0.25) is 0 Å². The molecule has 3 aliphatic rings. The molecule has 0 aromatic heterocycles. The molecule has 1 aromatic carbocycles. The van der Waals surface area contributed by atoms with E-state index in [1.54, 1.807) is 18.0 Å². The summed E-state index contributed by atoms with van der Waals surface area (Å²) in [5.74, 6) is 0.347. The molecule has 28 heavy (non-hydrogen) atoms. The first-order chi connectivity index (χ1) is 13.0. The quantitative estimate of drug-likeness (QED) is 0.825. The molecule has 8 heteroatoms. The van der Waals surface area contributed by atoms with Gasteiger partial charge >= 0.3 is 6.18 Å². The van der Waals surface area contributed by atoms with E-state index in [4.69, 9.17) is 0 Å².